The van der Waals surface area contributed by atoms with E-state index in [0.29, 0.717) is 11.5 Å². The molecule has 3 aromatic rings. The third-order valence-electron chi connectivity index (χ3n) is 4.49. The number of nitrogens with two attached hydrogens (primary N) is 1. The number of pyridine rings is 1. The Bertz CT molecular complexity index is 934. The lowest BCUT2D eigenvalue weighted by molar-refractivity contribution is 0.867. The average molecular weight is 327 g/mol. The van der Waals surface area contributed by atoms with Crippen molar-refractivity contribution in [3.8, 4) is 28.5 Å². The van der Waals surface area contributed by atoms with Crippen LogP contribution in [0.1, 0.15) is 36.5 Å². The number of rotatable bonds is 3. The average Bonchev–Trinajstić information content (AvgIpc) is 2.63. The third kappa shape index (κ3) is 3.12. The first-order chi connectivity index (χ1) is 12.0. The molecule has 0 aliphatic carbocycles. The van der Waals surface area contributed by atoms with E-state index in [-0.39, 0.29) is 5.82 Å². The van der Waals surface area contributed by atoms with Gasteiger partial charge in [0.2, 0.25) is 0 Å². The first kappa shape index (κ1) is 16.7. The molecule has 1 heterocycles. The summed E-state index contributed by atoms with van der Waals surface area (Å²) in [7, 11) is 0. The molecule has 0 aliphatic heterocycles. The molecule has 0 aliphatic rings. The third-order valence-corrected chi connectivity index (χ3v) is 4.49. The molecule has 0 spiro atoms. The largest absolute Gasteiger partial charge is 0.383 e. The fourth-order valence-electron chi connectivity index (χ4n) is 3.08. The molecule has 0 amide bonds. The maximum Gasteiger partial charge on any atom is 0.142 e. The first-order valence-electron chi connectivity index (χ1n) is 8.38. The van der Waals surface area contributed by atoms with E-state index in [1.165, 1.54) is 5.56 Å². The van der Waals surface area contributed by atoms with Gasteiger partial charge in [0.1, 0.15) is 17.5 Å². The zero-order valence-electron chi connectivity index (χ0n) is 14.7. The van der Waals surface area contributed by atoms with Crippen LogP contribution in [-0.2, 0) is 0 Å². The number of hydrogen-bond donors (Lipinski definition) is 1. The zero-order valence-corrected chi connectivity index (χ0v) is 14.7. The van der Waals surface area contributed by atoms with Gasteiger partial charge in [0, 0.05) is 11.1 Å². The van der Waals surface area contributed by atoms with E-state index in [2.05, 4.69) is 49.2 Å². The zero-order chi connectivity index (χ0) is 18.0. The molecule has 0 saturated carbocycles. The van der Waals surface area contributed by atoms with Gasteiger partial charge in [0.25, 0.3) is 0 Å². The van der Waals surface area contributed by atoms with Gasteiger partial charge in [-0.25, -0.2) is 4.98 Å². The van der Waals surface area contributed by atoms with Gasteiger partial charge in [-0.05, 0) is 29.5 Å². The van der Waals surface area contributed by atoms with E-state index in [4.69, 9.17) is 5.73 Å². The molecule has 3 rings (SSSR count). The highest BCUT2D eigenvalue weighted by atomic mass is 14.9. The van der Waals surface area contributed by atoms with E-state index in [1.54, 1.807) is 0 Å². The molecule has 0 radical (unpaired) electrons. The van der Waals surface area contributed by atoms with Crippen molar-refractivity contribution in [3.05, 3.63) is 71.3 Å². The van der Waals surface area contributed by atoms with Crippen molar-refractivity contribution >= 4 is 5.82 Å². The predicted molar refractivity (Wildman–Crippen MR) is 103 cm³/mol. The smallest absolute Gasteiger partial charge is 0.142 e. The van der Waals surface area contributed by atoms with Crippen LogP contribution in [0.5, 0.6) is 0 Å². The van der Waals surface area contributed by atoms with Crippen molar-refractivity contribution in [2.45, 2.75) is 26.7 Å². The molecule has 3 heteroatoms. The molecule has 0 atom stereocenters. The van der Waals surface area contributed by atoms with Gasteiger partial charge >= 0.3 is 0 Å². The molecule has 2 aromatic carbocycles. The van der Waals surface area contributed by atoms with E-state index < -0.39 is 0 Å². The molecule has 2 N–H and O–H groups in total. The SMILES string of the molecule is Cc1c(-c2ccccc2)nc(N)c(C#N)c1-c1ccc(C(C)C)cc1. The van der Waals surface area contributed by atoms with Crippen LogP contribution >= 0.6 is 0 Å². The summed E-state index contributed by atoms with van der Waals surface area (Å²) >= 11 is 0. The lowest BCUT2D eigenvalue weighted by atomic mass is 9.91. The summed E-state index contributed by atoms with van der Waals surface area (Å²) in [6.45, 7) is 6.33. The lowest BCUT2D eigenvalue weighted by Gasteiger charge is -2.16. The molecule has 0 bridgehead atoms. The van der Waals surface area contributed by atoms with Crippen LogP contribution in [0.15, 0.2) is 54.6 Å². The second kappa shape index (κ2) is 6.78. The second-order valence-corrected chi connectivity index (χ2v) is 6.48. The summed E-state index contributed by atoms with van der Waals surface area (Å²) in [4.78, 5) is 4.50. The Morgan fingerprint density at radius 2 is 1.60 bits per heavy atom. The Balaban J connectivity index is 2.24. The van der Waals surface area contributed by atoms with Crippen LogP contribution in [0.3, 0.4) is 0 Å². The van der Waals surface area contributed by atoms with Gasteiger partial charge in [-0.15, -0.1) is 0 Å². The van der Waals surface area contributed by atoms with Gasteiger partial charge in [0.15, 0.2) is 0 Å². The quantitative estimate of drug-likeness (QED) is 0.710. The molecular formula is C22H21N3. The molecule has 0 unspecified atom stereocenters. The normalized spacial score (nSPS) is 10.7. The Hall–Kier alpha value is -3.12. The van der Waals surface area contributed by atoms with Crippen molar-refractivity contribution in [3.63, 3.8) is 0 Å². The summed E-state index contributed by atoms with van der Waals surface area (Å²) in [6, 6.07) is 20.5. The lowest BCUT2D eigenvalue weighted by Crippen LogP contribution is -2.03. The number of nitrogen functional groups attached to an aromatic ring is 1. The van der Waals surface area contributed by atoms with E-state index in [1.807, 2.05) is 37.3 Å². The molecule has 0 fully saturated rings. The van der Waals surface area contributed by atoms with Crippen LogP contribution < -0.4 is 5.73 Å². The summed E-state index contributed by atoms with van der Waals surface area (Å²) in [5.74, 6) is 0.739. The summed E-state index contributed by atoms with van der Waals surface area (Å²) < 4.78 is 0. The number of benzene rings is 2. The maximum atomic E-state index is 9.62. The Labute approximate surface area is 148 Å². The highest BCUT2D eigenvalue weighted by Crippen LogP contribution is 2.36. The summed E-state index contributed by atoms with van der Waals surface area (Å²) in [6.07, 6.45) is 0. The van der Waals surface area contributed by atoms with Crippen LogP contribution in [0.25, 0.3) is 22.4 Å². The monoisotopic (exact) mass is 327 g/mol. The molecule has 25 heavy (non-hydrogen) atoms. The van der Waals surface area contributed by atoms with E-state index >= 15 is 0 Å². The standard InChI is InChI=1S/C22H21N3/c1-14(2)16-9-11-17(12-10-16)20-15(3)21(18-7-5-4-6-8-18)25-22(24)19(20)13-23/h4-12,14H,1-3H3,(H2,24,25). The molecule has 124 valence electrons. The van der Waals surface area contributed by atoms with Crippen molar-refractivity contribution in [2.24, 2.45) is 0 Å². The van der Waals surface area contributed by atoms with Gasteiger partial charge < -0.3 is 5.73 Å². The topological polar surface area (TPSA) is 62.7 Å². The fourth-order valence-corrected chi connectivity index (χ4v) is 3.08. The van der Waals surface area contributed by atoms with Gasteiger partial charge in [0.05, 0.1) is 5.69 Å². The maximum absolute atomic E-state index is 9.62. The molecule has 0 saturated heterocycles. The predicted octanol–water partition coefficient (Wildman–Crippen LogP) is 5.30. The van der Waals surface area contributed by atoms with E-state index in [9.17, 15) is 5.26 Å². The van der Waals surface area contributed by atoms with Crippen molar-refractivity contribution in [1.29, 1.82) is 5.26 Å². The highest BCUT2D eigenvalue weighted by molar-refractivity contribution is 5.84. The minimum atomic E-state index is 0.273. The van der Waals surface area contributed by atoms with Crippen LogP contribution in [0.2, 0.25) is 0 Å². The number of nitrogens with zero attached hydrogens (tertiary/aromatic N) is 2. The van der Waals surface area contributed by atoms with Crippen molar-refractivity contribution < 1.29 is 0 Å². The number of aromatic nitrogens is 1. The molecular weight excluding hydrogens is 306 g/mol. The van der Waals surface area contributed by atoms with Crippen molar-refractivity contribution in [1.82, 2.24) is 4.98 Å². The molecule has 3 nitrogen and oxygen atoms in total. The molecule has 1 aromatic heterocycles. The van der Waals surface area contributed by atoms with Gasteiger partial charge in [-0.2, -0.15) is 5.26 Å². The minimum Gasteiger partial charge on any atom is -0.383 e. The van der Waals surface area contributed by atoms with Crippen LogP contribution in [-0.4, -0.2) is 4.98 Å². The highest BCUT2D eigenvalue weighted by Gasteiger charge is 2.18. The van der Waals surface area contributed by atoms with E-state index in [0.717, 1.165) is 27.9 Å². The number of hydrogen-bond acceptors (Lipinski definition) is 3. The first-order valence-corrected chi connectivity index (χ1v) is 8.38. The Morgan fingerprint density at radius 3 is 2.16 bits per heavy atom. The van der Waals surface area contributed by atoms with Crippen molar-refractivity contribution in [2.75, 3.05) is 5.73 Å². The van der Waals surface area contributed by atoms with Gasteiger partial charge in [-0.1, -0.05) is 68.4 Å². The Morgan fingerprint density at radius 1 is 0.960 bits per heavy atom. The Kier molecular flexibility index (Phi) is 4.54. The minimum absolute atomic E-state index is 0.273. The van der Waals surface area contributed by atoms with Crippen LogP contribution in [0.4, 0.5) is 5.82 Å². The second-order valence-electron chi connectivity index (χ2n) is 6.48. The van der Waals surface area contributed by atoms with Gasteiger partial charge in [-0.3, -0.25) is 0 Å². The fraction of sp³-hybridized carbons (Fsp3) is 0.182. The van der Waals surface area contributed by atoms with Crippen LogP contribution in [0, 0.1) is 18.3 Å². The summed E-state index contributed by atoms with van der Waals surface area (Å²) in [5, 5.41) is 9.62. The number of anilines is 1. The number of nitriles is 1. The summed E-state index contributed by atoms with van der Waals surface area (Å²) in [5.41, 5.74) is 12.5.